The van der Waals surface area contributed by atoms with Crippen LogP contribution < -0.4 is 4.74 Å². The summed E-state index contributed by atoms with van der Waals surface area (Å²) in [7, 11) is 1.45. The highest BCUT2D eigenvalue weighted by molar-refractivity contribution is 5.33. The van der Waals surface area contributed by atoms with Crippen LogP contribution in [0.25, 0.3) is 0 Å². The maximum Gasteiger partial charge on any atom is 0.132 e. The molecule has 2 rings (SSSR count). The molecule has 106 valence electrons. The maximum atomic E-state index is 13.9. The molecule has 1 unspecified atom stereocenters. The molecule has 2 aromatic carbocycles. The average Bonchev–Trinajstić information content (AvgIpc) is 2.42. The molecule has 0 fully saturated rings. The van der Waals surface area contributed by atoms with Crippen molar-refractivity contribution in [2.75, 3.05) is 7.11 Å². The van der Waals surface area contributed by atoms with Crippen LogP contribution in [0.2, 0.25) is 0 Å². The standard InChI is InChI=1S/C16H16F2O2/c1-10-3-4-12(17)7-11(10)8-16(19)14-6-5-13(20-2)9-15(14)18/h3-7,9,16,19H,8H2,1-2H3. The molecule has 0 aliphatic carbocycles. The Bertz CT molecular complexity index is 611. The van der Waals surface area contributed by atoms with Gasteiger partial charge in [0.2, 0.25) is 0 Å². The highest BCUT2D eigenvalue weighted by Gasteiger charge is 2.15. The van der Waals surface area contributed by atoms with E-state index in [1.807, 2.05) is 6.92 Å². The van der Waals surface area contributed by atoms with Crippen molar-refractivity contribution in [3.05, 3.63) is 64.7 Å². The third-order valence-corrected chi connectivity index (χ3v) is 3.29. The predicted octanol–water partition coefficient (Wildman–Crippen LogP) is 3.56. The number of halogens is 2. The quantitative estimate of drug-likeness (QED) is 0.926. The summed E-state index contributed by atoms with van der Waals surface area (Å²) in [6.45, 7) is 1.83. The summed E-state index contributed by atoms with van der Waals surface area (Å²) in [6, 6.07) is 8.64. The van der Waals surface area contributed by atoms with Crippen molar-refractivity contribution in [1.29, 1.82) is 0 Å². The topological polar surface area (TPSA) is 29.5 Å². The molecule has 0 spiro atoms. The Hall–Kier alpha value is -1.94. The molecule has 0 aliphatic rings. The summed E-state index contributed by atoms with van der Waals surface area (Å²) in [6.07, 6.45) is -0.867. The van der Waals surface area contributed by atoms with Crippen molar-refractivity contribution < 1.29 is 18.6 Å². The lowest BCUT2D eigenvalue weighted by Crippen LogP contribution is -2.06. The first-order valence-electron chi connectivity index (χ1n) is 6.28. The number of aryl methyl sites for hydroxylation is 1. The number of rotatable bonds is 4. The molecular weight excluding hydrogens is 262 g/mol. The molecule has 20 heavy (non-hydrogen) atoms. The first-order valence-corrected chi connectivity index (χ1v) is 6.28. The van der Waals surface area contributed by atoms with E-state index < -0.39 is 11.9 Å². The second kappa shape index (κ2) is 6.01. The molecule has 0 aliphatic heterocycles. The molecule has 0 saturated heterocycles. The number of benzene rings is 2. The van der Waals surface area contributed by atoms with E-state index in [0.29, 0.717) is 11.3 Å². The van der Waals surface area contributed by atoms with Gasteiger partial charge in [-0.05, 0) is 42.3 Å². The van der Waals surface area contributed by atoms with E-state index in [9.17, 15) is 13.9 Å². The van der Waals surface area contributed by atoms with Gasteiger partial charge in [0, 0.05) is 18.1 Å². The van der Waals surface area contributed by atoms with Crippen LogP contribution in [0.15, 0.2) is 36.4 Å². The second-order valence-corrected chi connectivity index (χ2v) is 4.68. The van der Waals surface area contributed by atoms with Gasteiger partial charge >= 0.3 is 0 Å². The molecule has 0 aromatic heterocycles. The van der Waals surface area contributed by atoms with Gasteiger partial charge in [-0.2, -0.15) is 0 Å². The number of methoxy groups -OCH3 is 1. The van der Waals surface area contributed by atoms with Crippen LogP contribution in [0.4, 0.5) is 8.78 Å². The highest BCUT2D eigenvalue weighted by atomic mass is 19.1. The first-order chi connectivity index (χ1) is 9.51. The van der Waals surface area contributed by atoms with Gasteiger partial charge in [0.05, 0.1) is 13.2 Å². The zero-order valence-corrected chi connectivity index (χ0v) is 11.4. The fraction of sp³-hybridized carbons (Fsp3) is 0.250. The second-order valence-electron chi connectivity index (χ2n) is 4.68. The molecule has 0 bridgehead atoms. The van der Waals surface area contributed by atoms with Crippen molar-refractivity contribution in [3.8, 4) is 5.75 Å². The summed E-state index contributed by atoms with van der Waals surface area (Å²) in [5.41, 5.74) is 1.70. The van der Waals surface area contributed by atoms with Crippen LogP contribution in [0.5, 0.6) is 5.75 Å². The van der Waals surface area contributed by atoms with E-state index in [1.54, 1.807) is 12.1 Å². The molecule has 0 radical (unpaired) electrons. The third kappa shape index (κ3) is 3.14. The predicted molar refractivity (Wildman–Crippen MR) is 72.8 cm³/mol. The minimum absolute atomic E-state index is 0.160. The van der Waals surface area contributed by atoms with E-state index in [1.165, 1.54) is 31.4 Å². The molecule has 0 heterocycles. The molecule has 0 amide bonds. The highest BCUT2D eigenvalue weighted by Crippen LogP contribution is 2.25. The van der Waals surface area contributed by atoms with E-state index in [-0.39, 0.29) is 17.8 Å². The van der Waals surface area contributed by atoms with Gasteiger partial charge in [-0.25, -0.2) is 8.78 Å². The number of aliphatic hydroxyl groups is 1. The number of hydrogen-bond acceptors (Lipinski definition) is 2. The normalized spacial score (nSPS) is 12.2. The summed E-state index contributed by atoms with van der Waals surface area (Å²) in [4.78, 5) is 0. The molecule has 4 heteroatoms. The van der Waals surface area contributed by atoms with Crippen LogP contribution in [-0.2, 0) is 6.42 Å². The number of hydrogen-bond donors (Lipinski definition) is 1. The minimum atomic E-state index is -1.03. The summed E-state index contributed by atoms with van der Waals surface area (Å²) >= 11 is 0. The Kier molecular flexibility index (Phi) is 4.35. The van der Waals surface area contributed by atoms with Gasteiger partial charge in [0.1, 0.15) is 17.4 Å². The first kappa shape index (κ1) is 14.5. The van der Waals surface area contributed by atoms with Crippen molar-refractivity contribution in [1.82, 2.24) is 0 Å². The largest absolute Gasteiger partial charge is 0.497 e. The minimum Gasteiger partial charge on any atom is -0.497 e. The summed E-state index contributed by atoms with van der Waals surface area (Å²) in [5.74, 6) is -0.515. The van der Waals surface area contributed by atoms with E-state index in [4.69, 9.17) is 4.74 Å². The van der Waals surface area contributed by atoms with Gasteiger partial charge < -0.3 is 9.84 Å². The van der Waals surface area contributed by atoms with Gasteiger partial charge in [-0.1, -0.05) is 6.07 Å². The molecule has 2 aromatic rings. The zero-order chi connectivity index (χ0) is 14.7. The lowest BCUT2D eigenvalue weighted by molar-refractivity contribution is 0.173. The SMILES string of the molecule is COc1ccc(C(O)Cc2cc(F)ccc2C)c(F)c1. The molecule has 0 saturated carbocycles. The molecule has 1 N–H and O–H groups in total. The van der Waals surface area contributed by atoms with E-state index in [0.717, 1.165) is 5.56 Å². The Morgan fingerprint density at radius 1 is 1.15 bits per heavy atom. The van der Waals surface area contributed by atoms with Crippen LogP contribution in [0.3, 0.4) is 0 Å². The van der Waals surface area contributed by atoms with Crippen molar-refractivity contribution in [2.24, 2.45) is 0 Å². The Balaban J connectivity index is 2.23. The lowest BCUT2D eigenvalue weighted by Gasteiger charge is -2.14. The van der Waals surface area contributed by atoms with Crippen molar-refractivity contribution in [3.63, 3.8) is 0 Å². The van der Waals surface area contributed by atoms with Crippen LogP contribution >= 0.6 is 0 Å². The number of ether oxygens (including phenoxy) is 1. The van der Waals surface area contributed by atoms with E-state index >= 15 is 0 Å². The number of aliphatic hydroxyl groups excluding tert-OH is 1. The van der Waals surface area contributed by atoms with Gasteiger partial charge in [-0.3, -0.25) is 0 Å². The summed E-state index contributed by atoms with van der Waals surface area (Å²) in [5, 5.41) is 10.1. The monoisotopic (exact) mass is 278 g/mol. The molecule has 2 nitrogen and oxygen atoms in total. The van der Waals surface area contributed by atoms with Gasteiger partial charge in [0.25, 0.3) is 0 Å². The van der Waals surface area contributed by atoms with E-state index in [2.05, 4.69) is 0 Å². The Labute approximate surface area is 116 Å². The average molecular weight is 278 g/mol. The van der Waals surface area contributed by atoms with Gasteiger partial charge in [0.15, 0.2) is 0 Å². The fourth-order valence-corrected chi connectivity index (χ4v) is 2.08. The third-order valence-electron chi connectivity index (χ3n) is 3.29. The maximum absolute atomic E-state index is 13.9. The van der Waals surface area contributed by atoms with Crippen LogP contribution in [0.1, 0.15) is 22.8 Å². The van der Waals surface area contributed by atoms with Crippen molar-refractivity contribution >= 4 is 0 Å². The van der Waals surface area contributed by atoms with Crippen LogP contribution in [0, 0.1) is 18.6 Å². The van der Waals surface area contributed by atoms with Crippen LogP contribution in [-0.4, -0.2) is 12.2 Å². The smallest absolute Gasteiger partial charge is 0.132 e. The molecule has 1 atom stereocenters. The summed E-state index contributed by atoms with van der Waals surface area (Å²) < 4.78 is 32.0. The Morgan fingerprint density at radius 2 is 1.90 bits per heavy atom. The van der Waals surface area contributed by atoms with Gasteiger partial charge in [-0.15, -0.1) is 0 Å². The molecular formula is C16H16F2O2. The fourth-order valence-electron chi connectivity index (χ4n) is 2.08. The zero-order valence-electron chi connectivity index (χ0n) is 11.4. The Morgan fingerprint density at radius 3 is 2.55 bits per heavy atom. The lowest BCUT2D eigenvalue weighted by atomic mass is 9.97. The van der Waals surface area contributed by atoms with Crippen molar-refractivity contribution in [2.45, 2.75) is 19.4 Å².